The van der Waals surface area contributed by atoms with Gasteiger partial charge in [0, 0.05) is 38.3 Å². The van der Waals surface area contributed by atoms with Crippen LogP contribution < -0.4 is 5.32 Å². The third kappa shape index (κ3) is 2.86. The van der Waals surface area contributed by atoms with E-state index in [0.29, 0.717) is 25.2 Å². The Bertz CT molecular complexity index is 555. The highest BCUT2D eigenvalue weighted by Crippen LogP contribution is 2.24. The summed E-state index contributed by atoms with van der Waals surface area (Å²) >= 11 is 0. The van der Waals surface area contributed by atoms with Crippen LogP contribution in [0.3, 0.4) is 0 Å². The van der Waals surface area contributed by atoms with E-state index in [1.54, 1.807) is 0 Å². The third-order valence-corrected chi connectivity index (χ3v) is 4.84. The van der Waals surface area contributed by atoms with Gasteiger partial charge >= 0.3 is 0 Å². The average Bonchev–Trinajstić information content (AvgIpc) is 2.11. The molecule has 1 heterocycles. The van der Waals surface area contributed by atoms with Crippen molar-refractivity contribution >= 4 is 22.4 Å². The monoisotopic (exact) mass is 316 g/mol. The molecule has 1 aromatic carbocycles. The number of benzene rings is 1. The van der Waals surface area contributed by atoms with E-state index in [0.717, 1.165) is 4.31 Å². The number of sulfonamides is 1. The predicted molar refractivity (Wildman–Crippen MR) is 65.2 cm³/mol. The summed E-state index contributed by atoms with van der Waals surface area (Å²) in [5.41, 5.74) is 0. The average molecular weight is 317 g/mol. The van der Waals surface area contributed by atoms with E-state index in [-0.39, 0.29) is 18.4 Å². The van der Waals surface area contributed by atoms with E-state index in [1.165, 1.54) is 7.05 Å². The fourth-order valence-electron chi connectivity index (χ4n) is 1.65. The van der Waals surface area contributed by atoms with E-state index in [4.69, 9.17) is 0 Å². The molecule has 1 aromatic rings. The van der Waals surface area contributed by atoms with Gasteiger partial charge in [0.25, 0.3) is 0 Å². The van der Waals surface area contributed by atoms with Crippen molar-refractivity contribution < 1.29 is 21.6 Å². The van der Waals surface area contributed by atoms with Gasteiger partial charge in [-0.05, 0) is 0 Å². The maximum atomic E-state index is 13.5. The molecular formula is C10H12ClF3N2O2S. The number of hydrogen-bond donors (Lipinski definition) is 1. The fraction of sp³-hybridized carbons (Fsp3) is 0.400. The number of rotatable bonds is 3. The molecule has 0 amide bonds. The van der Waals surface area contributed by atoms with Gasteiger partial charge in [0.1, 0.15) is 17.5 Å². The van der Waals surface area contributed by atoms with Crippen molar-refractivity contribution in [1.82, 2.24) is 9.62 Å². The van der Waals surface area contributed by atoms with Crippen LogP contribution in [0, 0.1) is 17.5 Å². The summed E-state index contributed by atoms with van der Waals surface area (Å²) in [4.78, 5) is -1.11. The highest BCUT2D eigenvalue weighted by Gasteiger charge is 2.35. The SMILES string of the molecule is CN(C1CNC1)S(=O)(=O)c1c(F)cc(F)cc1F.Cl. The van der Waals surface area contributed by atoms with Crippen molar-refractivity contribution in [2.24, 2.45) is 0 Å². The Morgan fingerprint density at radius 3 is 2.05 bits per heavy atom. The summed E-state index contributed by atoms with van der Waals surface area (Å²) in [6, 6.07) is 0.352. The van der Waals surface area contributed by atoms with E-state index in [2.05, 4.69) is 5.32 Å². The first-order valence-corrected chi connectivity index (χ1v) is 6.61. The molecule has 0 aromatic heterocycles. The number of nitrogens with zero attached hydrogens (tertiary/aromatic N) is 1. The summed E-state index contributed by atoms with van der Waals surface area (Å²) in [5.74, 6) is -4.00. The van der Waals surface area contributed by atoms with Crippen molar-refractivity contribution in [3.8, 4) is 0 Å². The minimum Gasteiger partial charge on any atom is -0.313 e. The van der Waals surface area contributed by atoms with Gasteiger partial charge in [-0.2, -0.15) is 4.31 Å². The molecule has 2 rings (SSSR count). The molecule has 1 aliphatic rings. The van der Waals surface area contributed by atoms with Crippen molar-refractivity contribution in [3.05, 3.63) is 29.6 Å². The Kier molecular flexibility index (Phi) is 4.83. The number of likely N-dealkylation sites (N-methyl/N-ethyl adjacent to an activating group) is 1. The molecule has 0 saturated carbocycles. The van der Waals surface area contributed by atoms with E-state index in [9.17, 15) is 21.6 Å². The molecule has 4 nitrogen and oxygen atoms in total. The Morgan fingerprint density at radius 1 is 1.21 bits per heavy atom. The van der Waals surface area contributed by atoms with E-state index >= 15 is 0 Å². The first kappa shape index (κ1) is 16.2. The van der Waals surface area contributed by atoms with Crippen LogP contribution in [0.25, 0.3) is 0 Å². The quantitative estimate of drug-likeness (QED) is 0.909. The molecule has 0 radical (unpaired) electrons. The summed E-state index contributed by atoms with van der Waals surface area (Å²) in [6.07, 6.45) is 0. The van der Waals surface area contributed by atoms with Gasteiger partial charge in [0.2, 0.25) is 10.0 Å². The standard InChI is InChI=1S/C10H11F3N2O2S.ClH/c1-15(7-4-14-5-7)18(16,17)10-8(12)2-6(11)3-9(10)13;/h2-3,7,14H,4-5H2,1H3;1H. The first-order valence-electron chi connectivity index (χ1n) is 5.17. The highest BCUT2D eigenvalue weighted by molar-refractivity contribution is 7.89. The zero-order chi connectivity index (χ0) is 13.5. The third-order valence-electron chi connectivity index (χ3n) is 2.87. The molecule has 19 heavy (non-hydrogen) atoms. The van der Waals surface area contributed by atoms with Crippen molar-refractivity contribution in [3.63, 3.8) is 0 Å². The lowest BCUT2D eigenvalue weighted by atomic mass is 10.2. The summed E-state index contributed by atoms with van der Waals surface area (Å²) in [7, 11) is -3.06. The molecule has 9 heteroatoms. The van der Waals surface area contributed by atoms with Crippen LogP contribution >= 0.6 is 12.4 Å². The lowest BCUT2D eigenvalue weighted by Crippen LogP contribution is -2.57. The molecule has 0 bridgehead atoms. The minimum atomic E-state index is -4.30. The molecule has 0 unspecified atom stereocenters. The molecule has 1 fully saturated rings. The van der Waals surface area contributed by atoms with Gasteiger partial charge < -0.3 is 5.32 Å². The van der Waals surface area contributed by atoms with Gasteiger partial charge in [0.15, 0.2) is 4.90 Å². The zero-order valence-corrected chi connectivity index (χ0v) is 11.5. The Morgan fingerprint density at radius 2 is 1.68 bits per heavy atom. The second-order valence-electron chi connectivity index (χ2n) is 4.03. The highest BCUT2D eigenvalue weighted by atomic mass is 35.5. The Hall–Kier alpha value is -0.830. The van der Waals surface area contributed by atoms with Gasteiger partial charge in [-0.3, -0.25) is 0 Å². The number of nitrogens with one attached hydrogen (secondary N) is 1. The van der Waals surface area contributed by atoms with E-state index in [1.807, 2.05) is 0 Å². The topological polar surface area (TPSA) is 49.4 Å². The second-order valence-corrected chi connectivity index (χ2v) is 5.97. The summed E-state index contributed by atoms with van der Waals surface area (Å²) in [5, 5.41) is 2.85. The maximum Gasteiger partial charge on any atom is 0.249 e. The van der Waals surface area contributed by atoms with Crippen LogP contribution in [-0.4, -0.2) is 38.9 Å². The Balaban J connectivity index is 0.00000180. The van der Waals surface area contributed by atoms with Crippen LogP contribution in [0.2, 0.25) is 0 Å². The van der Waals surface area contributed by atoms with Crippen molar-refractivity contribution in [1.29, 1.82) is 0 Å². The molecule has 108 valence electrons. The zero-order valence-electron chi connectivity index (χ0n) is 9.86. The number of hydrogen-bond acceptors (Lipinski definition) is 3. The lowest BCUT2D eigenvalue weighted by molar-refractivity contribution is 0.272. The first-order chi connectivity index (χ1) is 8.34. The van der Waals surface area contributed by atoms with Crippen LogP contribution in [0.15, 0.2) is 17.0 Å². The molecular weight excluding hydrogens is 305 g/mol. The van der Waals surface area contributed by atoms with Crippen molar-refractivity contribution in [2.75, 3.05) is 20.1 Å². The molecule has 1 saturated heterocycles. The molecule has 1 aliphatic heterocycles. The largest absolute Gasteiger partial charge is 0.313 e. The fourth-order valence-corrected chi connectivity index (χ4v) is 3.09. The molecule has 0 atom stereocenters. The second kappa shape index (κ2) is 5.66. The van der Waals surface area contributed by atoms with Gasteiger partial charge in [-0.25, -0.2) is 21.6 Å². The van der Waals surface area contributed by atoms with Crippen LogP contribution in [0.1, 0.15) is 0 Å². The lowest BCUT2D eigenvalue weighted by Gasteiger charge is -2.34. The Labute approximate surface area is 115 Å². The van der Waals surface area contributed by atoms with Gasteiger partial charge in [-0.15, -0.1) is 12.4 Å². The summed E-state index contributed by atoms with van der Waals surface area (Å²) < 4.78 is 64.6. The van der Waals surface area contributed by atoms with Crippen molar-refractivity contribution in [2.45, 2.75) is 10.9 Å². The van der Waals surface area contributed by atoms with Gasteiger partial charge in [-0.1, -0.05) is 0 Å². The summed E-state index contributed by atoms with van der Waals surface area (Å²) in [6.45, 7) is 0.834. The molecule has 0 spiro atoms. The van der Waals surface area contributed by atoms with Gasteiger partial charge in [0.05, 0.1) is 0 Å². The maximum absolute atomic E-state index is 13.5. The van der Waals surface area contributed by atoms with E-state index < -0.39 is 32.4 Å². The predicted octanol–water partition coefficient (Wildman–Crippen LogP) is 1.12. The van der Waals surface area contributed by atoms with Crippen LogP contribution in [-0.2, 0) is 10.0 Å². The normalized spacial score (nSPS) is 16.1. The smallest absolute Gasteiger partial charge is 0.249 e. The molecule has 1 N–H and O–H groups in total. The molecule has 0 aliphatic carbocycles. The van der Waals surface area contributed by atoms with Crippen LogP contribution in [0.5, 0.6) is 0 Å². The number of halogens is 4. The minimum absolute atomic E-state index is 0. The van der Waals surface area contributed by atoms with Crippen LogP contribution in [0.4, 0.5) is 13.2 Å².